The number of carbonyl (C=O) groups excluding carboxylic acids is 2. The smallest absolute Gasteiger partial charge is 0.282 e. The van der Waals surface area contributed by atoms with Crippen molar-refractivity contribution < 1.29 is 14.5 Å². The number of carbonyl (C=O) groups is 2. The summed E-state index contributed by atoms with van der Waals surface area (Å²) in [5, 5.41) is 18.3. The highest BCUT2D eigenvalue weighted by atomic mass is 32.1. The van der Waals surface area contributed by atoms with Gasteiger partial charge in [0.15, 0.2) is 5.13 Å². The molecule has 0 spiro atoms. The van der Waals surface area contributed by atoms with E-state index in [1.807, 2.05) is 26.2 Å². The van der Waals surface area contributed by atoms with E-state index in [-0.39, 0.29) is 30.2 Å². The Labute approximate surface area is 227 Å². The minimum atomic E-state index is -0.527. The van der Waals surface area contributed by atoms with E-state index >= 15 is 0 Å². The van der Waals surface area contributed by atoms with Crippen LogP contribution in [0.2, 0.25) is 0 Å². The molecule has 12 nitrogen and oxygen atoms in total. The number of nitrogens with one attached hydrogen (secondary N) is 2. The Balaban J connectivity index is 1.38. The maximum absolute atomic E-state index is 13.4. The number of anilines is 3. The molecular formula is C26H26N8O4S. The second kappa shape index (κ2) is 10.7. The number of aryl methyl sites for hydroxylation is 1. The number of aromatic nitrogens is 3. The van der Waals surface area contributed by atoms with Crippen LogP contribution in [-0.4, -0.2) is 68.7 Å². The number of nitrogens with zero attached hydrogens (tertiary/aromatic N) is 6. The molecule has 0 radical (unpaired) electrons. The highest BCUT2D eigenvalue weighted by Gasteiger charge is 2.30. The summed E-state index contributed by atoms with van der Waals surface area (Å²) in [6.45, 7) is 2.57. The summed E-state index contributed by atoms with van der Waals surface area (Å²) in [4.78, 5) is 53.4. The highest BCUT2D eigenvalue weighted by Crippen LogP contribution is 2.33. The molecular weight excluding hydrogens is 520 g/mol. The lowest BCUT2D eigenvalue weighted by Crippen LogP contribution is -2.37. The molecule has 0 unspecified atom stereocenters. The van der Waals surface area contributed by atoms with E-state index in [1.165, 1.54) is 23.7 Å². The third-order valence-electron chi connectivity index (χ3n) is 6.31. The standard InChI is InChI=1S/C26H26N8O4S/c1-15-5-4-6-20(34(37)38)23(15)25(36)33-10-9-18-17(12-33)24(28-14-27-18)31-26-30-19-8-7-16(11-21(19)39-26)29-22(35)13-32(2)3/h4-8,11,14H,9-10,12-13H2,1-3H3,(H,29,35)(H,27,28,30,31). The van der Waals surface area contributed by atoms with Crippen molar-refractivity contribution in [3.8, 4) is 0 Å². The summed E-state index contributed by atoms with van der Waals surface area (Å²) in [7, 11) is 3.66. The van der Waals surface area contributed by atoms with Gasteiger partial charge in [-0.15, -0.1) is 0 Å². The molecule has 13 heteroatoms. The zero-order chi connectivity index (χ0) is 27.7. The van der Waals surface area contributed by atoms with Gasteiger partial charge in [0.05, 0.1) is 33.9 Å². The number of fused-ring (bicyclic) bond motifs is 2. The Morgan fingerprint density at radius 3 is 2.79 bits per heavy atom. The fourth-order valence-electron chi connectivity index (χ4n) is 4.51. The first-order chi connectivity index (χ1) is 18.7. The lowest BCUT2D eigenvalue weighted by atomic mass is 10.0. The molecule has 1 aliphatic rings. The molecule has 0 saturated carbocycles. The monoisotopic (exact) mass is 546 g/mol. The largest absolute Gasteiger partial charge is 0.333 e. The first kappa shape index (κ1) is 26.1. The van der Waals surface area contributed by atoms with E-state index in [2.05, 4.69) is 25.6 Å². The van der Waals surface area contributed by atoms with Gasteiger partial charge in [-0.3, -0.25) is 19.7 Å². The number of rotatable bonds is 7. The van der Waals surface area contributed by atoms with Crippen LogP contribution in [0.15, 0.2) is 42.7 Å². The van der Waals surface area contributed by atoms with Crippen molar-refractivity contribution in [2.24, 2.45) is 0 Å². The predicted octanol–water partition coefficient (Wildman–Crippen LogP) is 3.75. The van der Waals surface area contributed by atoms with Crippen LogP contribution in [0.5, 0.6) is 0 Å². The molecule has 2 aromatic heterocycles. The van der Waals surface area contributed by atoms with Gasteiger partial charge < -0.3 is 20.4 Å². The lowest BCUT2D eigenvalue weighted by Gasteiger charge is -2.29. The van der Waals surface area contributed by atoms with E-state index in [0.29, 0.717) is 35.2 Å². The Morgan fingerprint density at radius 2 is 2.03 bits per heavy atom. The number of benzene rings is 2. The number of hydrogen-bond acceptors (Lipinski definition) is 10. The predicted molar refractivity (Wildman–Crippen MR) is 148 cm³/mol. The molecule has 0 fully saturated rings. The van der Waals surface area contributed by atoms with Gasteiger partial charge in [0.25, 0.3) is 11.6 Å². The van der Waals surface area contributed by atoms with Gasteiger partial charge in [0.1, 0.15) is 17.7 Å². The van der Waals surface area contributed by atoms with E-state index in [1.54, 1.807) is 34.9 Å². The molecule has 1 aliphatic heterocycles. The van der Waals surface area contributed by atoms with Crippen LogP contribution in [0, 0.1) is 17.0 Å². The van der Waals surface area contributed by atoms with E-state index in [9.17, 15) is 19.7 Å². The number of likely N-dealkylation sites (N-methyl/N-ethyl adjacent to an activating group) is 1. The second-order valence-corrected chi connectivity index (χ2v) is 10.5. The first-order valence-electron chi connectivity index (χ1n) is 12.2. The van der Waals surface area contributed by atoms with Crippen LogP contribution in [-0.2, 0) is 17.8 Å². The Kier molecular flexibility index (Phi) is 7.17. The Morgan fingerprint density at radius 1 is 1.21 bits per heavy atom. The summed E-state index contributed by atoms with van der Waals surface area (Å²) < 4.78 is 0.881. The van der Waals surface area contributed by atoms with Crippen LogP contribution >= 0.6 is 11.3 Å². The van der Waals surface area contributed by atoms with Gasteiger partial charge >= 0.3 is 0 Å². The molecule has 5 rings (SSSR count). The fraction of sp³-hybridized carbons (Fsp3) is 0.269. The fourth-order valence-corrected chi connectivity index (χ4v) is 5.41. The average Bonchev–Trinajstić information content (AvgIpc) is 3.29. The summed E-state index contributed by atoms with van der Waals surface area (Å²) in [6, 6.07) is 10.1. The molecule has 0 saturated heterocycles. The zero-order valence-electron chi connectivity index (χ0n) is 21.6. The molecule has 39 heavy (non-hydrogen) atoms. The summed E-state index contributed by atoms with van der Waals surface area (Å²) in [6.07, 6.45) is 1.96. The van der Waals surface area contributed by atoms with Crippen LogP contribution < -0.4 is 10.6 Å². The summed E-state index contributed by atoms with van der Waals surface area (Å²) in [5.74, 6) is 0.0180. The van der Waals surface area contributed by atoms with Crippen LogP contribution in [0.3, 0.4) is 0 Å². The third-order valence-corrected chi connectivity index (χ3v) is 7.24. The van der Waals surface area contributed by atoms with Gasteiger partial charge in [0, 0.05) is 30.3 Å². The lowest BCUT2D eigenvalue weighted by molar-refractivity contribution is -0.385. The molecule has 2 amide bonds. The van der Waals surface area contributed by atoms with Crippen molar-refractivity contribution >= 4 is 55.7 Å². The van der Waals surface area contributed by atoms with Gasteiger partial charge in [0.2, 0.25) is 5.91 Å². The van der Waals surface area contributed by atoms with Crippen molar-refractivity contribution in [3.63, 3.8) is 0 Å². The van der Waals surface area contributed by atoms with Gasteiger partial charge in [-0.05, 0) is 44.8 Å². The normalized spacial score (nSPS) is 12.9. The SMILES string of the molecule is Cc1cccc([N+](=O)[O-])c1C(=O)N1CCc2ncnc(Nc3nc4ccc(NC(=O)CN(C)C)cc4s3)c2C1. The quantitative estimate of drug-likeness (QED) is 0.261. The van der Waals surface area contributed by atoms with Crippen molar-refractivity contribution in [2.45, 2.75) is 19.9 Å². The molecule has 200 valence electrons. The second-order valence-electron chi connectivity index (χ2n) is 9.46. The number of nitro benzene ring substituents is 1. The van der Waals surface area contributed by atoms with E-state index in [4.69, 9.17) is 0 Å². The highest BCUT2D eigenvalue weighted by molar-refractivity contribution is 7.22. The Hall–Kier alpha value is -4.49. The van der Waals surface area contributed by atoms with Crippen molar-refractivity contribution in [1.29, 1.82) is 0 Å². The maximum atomic E-state index is 13.4. The molecule has 2 N–H and O–H groups in total. The van der Waals surface area contributed by atoms with E-state index in [0.717, 1.165) is 21.5 Å². The summed E-state index contributed by atoms with van der Waals surface area (Å²) >= 11 is 1.41. The van der Waals surface area contributed by atoms with Crippen molar-refractivity contribution in [2.75, 3.05) is 37.8 Å². The third kappa shape index (κ3) is 5.54. The number of amides is 2. The molecule has 0 aliphatic carbocycles. The van der Waals surface area contributed by atoms with Gasteiger partial charge in [-0.1, -0.05) is 23.5 Å². The van der Waals surface area contributed by atoms with Crippen LogP contribution in [0.4, 0.5) is 22.3 Å². The van der Waals surface area contributed by atoms with Crippen LogP contribution in [0.25, 0.3) is 10.2 Å². The number of hydrogen-bond donors (Lipinski definition) is 2. The minimum absolute atomic E-state index is 0.0944. The maximum Gasteiger partial charge on any atom is 0.282 e. The van der Waals surface area contributed by atoms with Gasteiger partial charge in [-0.25, -0.2) is 15.0 Å². The molecule has 3 heterocycles. The molecule has 0 bridgehead atoms. The average molecular weight is 547 g/mol. The number of nitro groups is 1. The van der Waals surface area contributed by atoms with Crippen molar-refractivity contribution in [1.82, 2.24) is 24.8 Å². The minimum Gasteiger partial charge on any atom is -0.333 e. The molecule has 2 aromatic carbocycles. The molecule has 4 aromatic rings. The number of thiazole rings is 1. The van der Waals surface area contributed by atoms with Crippen LogP contribution in [0.1, 0.15) is 27.2 Å². The van der Waals surface area contributed by atoms with Gasteiger partial charge in [-0.2, -0.15) is 0 Å². The molecule has 0 atom stereocenters. The first-order valence-corrected chi connectivity index (χ1v) is 13.0. The Bertz CT molecular complexity index is 1600. The zero-order valence-corrected chi connectivity index (χ0v) is 22.4. The van der Waals surface area contributed by atoms with E-state index < -0.39 is 10.8 Å². The topological polar surface area (TPSA) is 146 Å². The van der Waals surface area contributed by atoms with Crippen molar-refractivity contribution in [3.05, 3.63) is 75.2 Å². The summed E-state index contributed by atoms with van der Waals surface area (Å²) in [5.41, 5.74) is 3.43.